The molecule has 16 heavy (non-hydrogen) atoms. The zero-order valence-corrected chi connectivity index (χ0v) is 11.1. The number of ether oxygens (including phenoxy) is 2. The molecular weight excluding hydrogens is 270 g/mol. The number of halogens is 1. The van der Waals surface area contributed by atoms with Gasteiger partial charge >= 0.3 is 0 Å². The van der Waals surface area contributed by atoms with Gasteiger partial charge in [-0.05, 0) is 33.6 Å². The Bertz CT molecular complexity index is 372. The molecule has 0 amide bonds. The van der Waals surface area contributed by atoms with Crippen LogP contribution >= 0.6 is 15.9 Å². The first-order valence-corrected chi connectivity index (χ1v) is 6.07. The van der Waals surface area contributed by atoms with Crippen molar-refractivity contribution in [1.29, 1.82) is 0 Å². The number of methoxy groups -OCH3 is 2. The largest absolute Gasteiger partial charge is 0.496 e. The van der Waals surface area contributed by atoms with Crippen LogP contribution in [-0.4, -0.2) is 32.9 Å². The molecule has 1 fully saturated rings. The van der Waals surface area contributed by atoms with Gasteiger partial charge in [0.25, 0.3) is 0 Å². The van der Waals surface area contributed by atoms with Crippen LogP contribution in [-0.2, 0) is 11.2 Å². The average Bonchev–Trinajstić information content (AvgIpc) is 2.24. The summed E-state index contributed by atoms with van der Waals surface area (Å²) in [5, 5.41) is 3.25. The van der Waals surface area contributed by atoms with E-state index in [4.69, 9.17) is 9.47 Å². The minimum Gasteiger partial charge on any atom is -0.496 e. The Morgan fingerprint density at radius 1 is 1.38 bits per heavy atom. The molecule has 0 atom stereocenters. The molecule has 0 spiro atoms. The van der Waals surface area contributed by atoms with Gasteiger partial charge in [-0.15, -0.1) is 0 Å². The van der Waals surface area contributed by atoms with Gasteiger partial charge in [0.05, 0.1) is 17.2 Å². The van der Waals surface area contributed by atoms with Crippen LogP contribution in [0.5, 0.6) is 5.75 Å². The van der Waals surface area contributed by atoms with E-state index in [0.717, 1.165) is 29.7 Å². The molecule has 1 aliphatic rings. The quantitative estimate of drug-likeness (QED) is 0.918. The topological polar surface area (TPSA) is 30.5 Å². The molecule has 1 heterocycles. The number of nitrogens with one attached hydrogen (secondary N) is 1. The lowest BCUT2D eigenvalue weighted by Crippen LogP contribution is -2.61. The first kappa shape index (κ1) is 11.9. The second-order valence-electron chi connectivity index (χ2n) is 4.14. The summed E-state index contributed by atoms with van der Waals surface area (Å²) >= 11 is 3.50. The van der Waals surface area contributed by atoms with Gasteiger partial charge in [-0.3, -0.25) is 0 Å². The molecule has 0 unspecified atom stereocenters. The predicted octanol–water partition coefficient (Wildman–Crippen LogP) is 1.99. The minimum absolute atomic E-state index is 0.0198. The molecule has 88 valence electrons. The highest BCUT2D eigenvalue weighted by Crippen LogP contribution is 2.28. The van der Waals surface area contributed by atoms with E-state index >= 15 is 0 Å². The lowest BCUT2D eigenvalue weighted by atomic mass is 9.89. The molecule has 1 saturated heterocycles. The maximum absolute atomic E-state index is 5.57. The van der Waals surface area contributed by atoms with Gasteiger partial charge in [0.2, 0.25) is 0 Å². The van der Waals surface area contributed by atoms with E-state index < -0.39 is 0 Å². The van der Waals surface area contributed by atoms with Crippen molar-refractivity contribution in [2.75, 3.05) is 27.3 Å². The van der Waals surface area contributed by atoms with Crippen LogP contribution in [0.2, 0.25) is 0 Å². The van der Waals surface area contributed by atoms with Crippen molar-refractivity contribution in [2.45, 2.75) is 12.0 Å². The predicted molar refractivity (Wildman–Crippen MR) is 67.0 cm³/mol. The molecular formula is C12H16BrNO2. The van der Waals surface area contributed by atoms with Gasteiger partial charge in [-0.2, -0.15) is 0 Å². The third kappa shape index (κ3) is 2.24. The molecule has 3 nitrogen and oxygen atoms in total. The summed E-state index contributed by atoms with van der Waals surface area (Å²) in [6.07, 6.45) is 0.930. The fourth-order valence-corrected chi connectivity index (χ4v) is 2.53. The first-order chi connectivity index (χ1) is 7.69. The number of rotatable bonds is 4. The molecule has 0 aromatic heterocycles. The second kappa shape index (κ2) is 4.73. The van der Waals surface area contributed by atoms with Gasteiger partial charge in [-0.1, -0.05) is 6.07 Å². The van der Waals surface area contributed by atoms with Crippen LogP contribution in [0.3, 0.4) is 0 Å². The molecule has 0 aliphatic carbocycles. The maximum atomic E-state index is 5.57. The third-order valence-electron chi connectivity index (χ3n) is 3.07. The van der Waals surface area contributed by atoms with Crippen LogP contribution in [0.1, 0.15) is 5.56 Å². The second-order valence-corrected chi connectivity index (χ2v) is 4.99. The number of hydrogen-bond acceptors (Lipinski definition) is 3. The Labute approximate surface area is 104 Å². The van der Waals surface area contributed by atoms with Crippen LogP contribution < -0.4 is 10.1 Å². The summed E-state index contributed by atoms with van der Waals surface area (Å²) < 4.78 is 11.8. The summed E-state index contributed by atoms with van der Waals surface area (Å²) in [5.74, 6) is 0.863. The summed E-state index contributed by atoms with van der Waals surface area (Å²) in [5.41, 5.74) is 1.24. The molecule has 1 aromatic rings. The van der Waals surface area contributed by atoms with Crippen molar-refractivity contribution in [2.24, 2.45) is 0 Å². The SMILES string of the molecule is COc1ccc(CC2(OC)CNC2)cc1Br. The zero-order chi connectivity index (χ0) is 11.6. The van der Waals surface area contributed by atoms with E-state index in [1.54, 1.807) is 14.2 Å². The zero-order valence-electron chi connectivity index (χ0n) is 9.55. The van der Waals surface area contributed by atoms with Crippen molar-refractivity contribution < 1.29 is 9.47 Å². The van der Waals surface area contributed by atoms with E-state index in [0.29, 0.717) is 0 Å². The highest BCUT2D eigenvalue weighted by Gasteiger charge is 2.36. The van der Waals surface area contributed by atoms with Crippen molar-refractivity contribution in [3.8, 4) is 5.75 Å². The average molecular weight is 286 g/mol. The fraction of sp³-hybridized carbons (Fsp3) is 0.500. The third-order valence-corrected chi connectivity index (χ3v) is 3.69. The van der Waals surface area contributed by atoms with Crippen LogP contribution in [0.15, 0.2) is 22.7 Å². The molecule has 4 heteroatoms. The molecule has 2 rings (SSSR count). The van der Waals surface area contributed by atoms with E-state index in [1.807, 2.05) is 6.07 Å². The van der Waals surface area contributed by atoms with Crippen LogP contribution in [0.4, 0.5) is 0 Å². The van der Waals surface area contributed by atoms with Gasteiger partial charge in [0.15, 0.2) is 0 Å². The summed E-state index contributed by atoms with van der Waals surface area (Å²) in [7, 11) is 3.45. The van der Waals surface area contributed by atoms with Crippen LogP contribution in [0.25, 0.3) is 0 Å². The lowest BCUT2D eigenvalue weighted by molar-refractivity contribution is -0.0502. The van der Waals surface area contributed by atoms with Crippen molar-refractivity contribution in [1.82, 2.24) is 5.32 Å². The minimum atomic E-state index is -0.0198. The normalized spacial score (nSPS) is 17.9. The Kier molecular flexibility index (Phi) is 3.52. The van der Waals surface area contributed by atoms with Gasteiger partial charge in [-0.25, -0.2) is 0 Å². The summed E-state index contributed by atoms with van der Waals surface area (Å²) in [4.78, 5) is 0. The summed E-state index contributed by atoms with van der Waals surface area (Å²) in [6, 6.07) is 6.16. The molecule has 0 bridgehead atoms. The number of benzene rings is 1. The fourth-order valence-electron chi connectivity index (χ4n) is 1.94. The van der Waals surface area contributed by atoms with E-state index in [2.05, 4.69) is 33.4 Å². The van der Waals surface area contributed by atoms with Gasteiger partial charge in [0, 0.05) is 26.6 Å². The molecule has 1 N–H and O–H groups in total. The van der Waals surface area contributed by atoms with E-state index in [1.165, 1.54) is 5.56 Å². The van der Waals surface area contributed by atoms with E-state index in [-0.39, 0.29) is 5.60 Å². The standard InChI is InChI=1S/C12H16BrNO2/c1-15-11-4-3-9(5-10(11)13)6-12(16-2)7-14-8-12/h3-5,14H,6-8H2,1-2H3. The Hall–Kier alpha value is -0.580. The van der Waals surface area contributed by atoms with Crippen molar-refractivity contribution in [3.63, 3.8) is 0 Å². The highest BCUT2D eigenvalue weighted by molar-refractivity contribution is 9.10. The van der Waals surface area contributed by atoms with E-state index in [9.17, 15) is 0 Å². The number of hydrogen-bond donors (Lipinski definition) is 1. The van der Waals surface area contributed by atoms with Crippen molar-refractivity contribution in [3.05, 3.63) is 28.2 Å². The Morgan fingerprint density at radius 3 is 2.56 bits per heavy atom. The molecule has 1 aliphatic heterocycles. The van der Waals surface area contributed by atoms with Crippen molar-refractivity contribution >= 4 is 15.9 Å². The lowest BCUT2D eigenvalue weighted by Gasteiger charge is -2.41. The Morgan fingerprint density at radius 2 is 2.12 bits per heavy atom. The summed E-state index contributed by atoms with van der Waals surface area (Å²) in [6.45, 7) is 1.85. The van der Waals surface area contributed by atoms with Crippen LogP contribution in [0, 0.1) is 0 Å². The Balaban J connectivity index is 2.13. The molecule has 0 saturated carbocycles. The highest BCUT2D eigenvalue weighted by atomic mass is 79.9. The smallest absolute Gasteiger partial charge is 0.133 e. The monoisotopic (exact) mass is 285 g/mol. The van der Waals surface area contributed by atoms with Gasteiger partial charge in [0.1, 0.15) is 5.75 Å². The maximum Gasteiger partial charge on any atom is 0.133 e. The molecule has 1 aromatic carbocycles. The molecule has 0 radical (unpaired) electrons. The first-order valence-electron chi connectivity index (χ1n) is 5.27. The van der Waals surface area contributed by atoms with Gasteiger partial charge < -0.3 is 14.8 Å².